The summed E-state index contributed by atoms with van der Waals surface area (Å²) in [6.45, 7) is 13.1. The third kappa shape index (κ3) is 10.1. The van der Waals surface area contributed by atoms with Gasteiger partial charge in [-0.2, -0.15) is 4.98 Å². The minimum absolute atomic E-state index is 0.00667. The van der Waals surface area contributed by atoms with E-state index in [2.05, 4.69) is 10.3 Å². The Bertz CT molecular complexity index is 2000. The van der Waals surface area contributed by atoms with Gasteiger partial charge in [-0.1, -0.05) is 19.9 Å². The van der Waals surface area contributed by atoms with Crippen LogP contribution in [0.1, 0.15) is 68.7 Å². The highest BCUT2D eigenvalue weighted by Crippen LogP contribution is 2.38. The molecule has 0 spiro atoms. The van der Waals surface area contributed by atoms with E-state index in [0.29, 0.717) is 48.1 Å². The Balaban J connectivity index is 1.51. The molecule has 3 heterocycles. The number of benzene rings is 1. The number of esters is 2. The number of halogens is 1. The van der Waals surface area contributed by atoms with E-state index in [0.717, 1.165) is 16.7 Å². The zero-order valence-corrected chi connectivity index (χ0v) is 32.2. The van der Waals surface area contributed by atoms with Gasteiger partial charge in [0.05, 0.1) is 32.8 Å². The van der Waals surface area contributed by atoms with Crippen LogP contribution in [-0.4, -0.2) is 68.1 Å². The molecule has 1 aliphatic rings. The number of nitrogens with zero attached hydrogens (tertiary/aromatic N) is 4. The van der Waals surface area contributed by atoms with Crippen LogP contribution in [0.3, 0.4) is 0 Å². The zero-order chi connectivity index (χ0) is 39.0. The second-order valence-electron chi connectivity index (χ2n) is 13.2. The number of anilines is 2. The predicted molar refractivity (Wildman–Crippen MR) is 192 cm³/mol. The number of carbonyl (C=O) groups excluding carboxylic acids is 3. The van der Waals surface area contributed by atoms with Gasteiger partial charge in [0, 0.05) is 31.6 Å². The van der Waals surface area contributed by atoms with Gasteiger partial charge in [-0.05, 0) is 62.9 Å². The molecule has 0 bridgehead atoms. The summed E-state index contributed by atoms with van der Waals surface area (Å²) in [6.07, 6.45) is 0.0456. The van der Waals surface area contributed by atoms with Crippen LogP contribution in [0.4, 0.5) is 11.5 Å². The van der Waals surface area contributed by atoms with E-state index in [1.807, 2.05) is 38.7 Å². The number of aryl methyl sites for hydroxylation is 3. The molecule has 1 atom stereocenters. The standard InChI is InChI=1S/C36H46ClN5O11/c1-20-12-21(2)30(26(13-20)52-24(5)44)36(6,7)14-29(45)49-17-25(48-9)10-11-41-18-39-31-32(38-15-27-23(4)51-35(46)53-27)42(34(37)40-33(31)41)16-28(50-19-43)22(3)47-8/h12-13,19,25,39H,10-11,14-18H2,1-9H3/b28-22-,38-32-. The van der Waals surface area contributed by atoms with E-state index in [-0.39, 0.29) is 55.2 Å². The molecule has 2 aromatic heterocycles. The number of ether oxygens (including phenoxy) is 5. The van der Waals surface area contributed by atoms with Crippen molar-refractivity contribution in [2.45, 2.75) is 85.9 Å². The topological polar surface area (TPSA) is 186 Å². The van der Waals surface area contributed by atoms with Crippen LogP contribution < -0.4 is 26.3 Å². The number of hydrogen-bond acceptors (Lipinski definition) is 15. The molecule has 0 aliphatic carbocycles. The minimum atomic E-state index is -0.847. The smallest absolute Gasteiger partial charge is 0.498 e. The van der Waals surface area contributed by atoms with Gasteiger partial charge in [-0.25, -0.2) is 4.79 Å². The van der Waals surface area contributed by atoms with Crippen molar-refractivity contribution in [1.82, 2.24) is 9.55 Å². The van der Waals surface area contributed by atoms with E-state index >= 15 is 0 Å². The number of aromatic nitrogens is 2. The van der Waals surface area contributed by atoms with Gasteiger partial charge in [0.1, 0.15) is 36.1 Å². The minimum Gasteiger partial charge on any atom is -0.498 e. The maximum atomic E-state index is 13.1. The Morgan fingerprint density at radius 1 is 1.17 bits per heavy atom. The fourth-order valence-corrected chi connectivity index (χ4v) is 6.37. The number of methoxy groups -OCH3 is 2. The molecule has 1 unspecified atom stereocenters. The molecule has 0 fully saturated rings. The zero-order valence-electron chi connectivity index (χ0n) is 31.4. The second kappa shape index (κ2) is 17.6. The molecule has 0 radical (unpaired) electrons. The third-order valence-electron chi connectivity index (χ3n) is 8.71. The van der Waals surface area contributed by atoms with Crippen LogP contribution in [0.15, 0.2) is 42.3 Å². The van der Waals surface area contributed by atoms with Crippen LogP contribution in [0.25, 0.3) is 0 Å². The van der Waals surface area contributed by atoms with Crippen molar-refractivity contribution < 1.29 is 46.9 Å². The molecule has 16 nitrogen and oxygen atoms in total. The first-order valence-electron chi connectivity index (χ1n) is 16.8. The van der Waals surface area contributed by atoms with Gasteiger partial charge < -0.3 is 42.7 Å². The molecular weight excluding hydrogens is 714 g/mol. The summed E-state index contributed by atoms with van der Waals surface area (Å²) >= 11 is 6.74. The highest BCUT2D eigenvalue weighted by Gasteiger charge is 2.32. The summed E-state index contributed by atoms with van der Waals surface area (Å²) in [7, 11) is 2.98. The summed E-state index contributed by atoms with van der Waals surface area (Å²) in [5.41, 5.74) is 2.77. The van der Waals surface area contributed by atoms with Crippen LogP contribution >= 0.6 is 11.6 Å². The highest BCUT2D eigenvalue weighted by molar-refractivity contribution is 6.28. The molecule has 1 aromatic carbocycles. The molecule has 3 aromatic rings. The average Bonchev–Trinajstić information content (AvgIpc) is 3.63. The molecule has 0 amide bonds. The Kier molecular flexibility index (Phi) is 13.5. The average molecular weight is 760 g/mol. The van der Waals surface area contributed by atoms with Crippen molar-refractivity contribution in [3.63, 3.8) is 0 Å². The molecule has 1 aliphatic heterocycles. The van der Waals surface area contributed by atoms with Crippen molar-refractivity contribution in [3.05, 3.63) is 73.3 Å². The van der Waals surface area contributed by atoms with E-state index in [1.165, 1.54) is 18.6 Å². The lowest BCUT2D eigenvalue weighted by Gasteiger charge is -2.29. The van der Waals surface area contributed by atoms with E-state index < -0.39 is 29.3 Å². The van der Waals surface area contributed by atoms with Crippen molar-refractivity contribution in [2.24, 2.45) is 4.99 Å². The summed E-state index contributed by atoms with van der Waals surface area (Å²) in [5, 5.41) is 3.33. The van der Waals surface area contributed by atoms with E-state index in [4.69, 9.17) is 49.1 Å². The van der Waals surface area contributed by atoms with Crippen LogP contribution in [0, 0.1) is 20.8 Å². The van der Waals surface area contributed by atoms with Gasteiger partial charge in [0.15, 0.2) is 22.8 Å². The Hall–Kier alpha value is -5.09. The normalized spacial score (nSPS) is 13.9. The number of carbonyl (C=O) groups is 3. The first-order chi connectivity index (χ1) is 25.1. The van der Waals surface area contributed by atoms with Gasteiger partial charge in [-0.15, -0.1) is 0 Å². The molecular formula is C36H46ClN5O11. The lowest BCUT2D eigenvalue weighted by Crippen LogP contribution is -2.31. The SMILES string of the molecule is CO/C(C)=C(/Cn1c(Cl)nc2c(/c1=N/Cc1oc(=O)oc1C)NCN2CCC(COC(=O)CC(C)(C)c1c(C)cc(C)cc1OC(C)=O)OC)OC=O. The highest BCUT2D eigenvalue weighted by atomic mass is 35.5. The fraction of sp³-hybridized carbons (Fsp3) is 0.500. The van der Waals surface area contributed by atoms with Gasteiger partial charge in [-0.3, -0.25) is 23.9 Å². The van der Waals surface area contributed by atoms with Gasteiger partial charge in [0.2, 0.25) is 5.28 Å². The number of nitrogens with one attached hydrogen (secondary N) is 1. The summed E-state index contributed by atoms with van der Waals surface area (Å²) in [6, 6.07) is 3.78. The molecule has 53 heavy (non-hydrogen) atoms. The molecule has 288 valence electrons. The van der Waals surface area contributed by atoms with Crippen LogP contribution in [0.2, 0.25) is 5.28 Å². The predicted octanol–water partition coefficient (Wildman–Crippen LogP) is 4.59. The fourth-order valence-electron chi connectivity index (χ4n) is 6.15. The Morgan fingerprint density at radius 3 is 2.53 bits per heavy atom. The summed E-state index contributed by atoms with van der Waals surface area (Å²) in [4.78, 5) is 59.2. The van der Waals surface area contributed by atoms with Gasteiger partial charge in [0.25, 0.3) is 6.47 Å². The lowest BCUT2D eigenvalue weighted by atomic mass is 9.78. The van der Waals surface area contributed by atoms with E-state index in [1.54, 1.807) is 27.0 Å². The first kappa shape index (κ1) is 40.7. The lowest BCUT2D eigenvalue weighted by molar-refractivity contribution is -0.148. The molecule has 1 N–H and O–H groups in total. The maximum Gasteiger partial charge on any atom is 0.519 e. The second-order valence-corrected chi connectivity index (χ2v) is 13.5. The Morgan fingerprint density at radius 2 is 1.91 bits per heavy atom. The number of allylic oxidation sites excluding steroid dienone is 2. The maximum absolute atomic E-state index is 13.1. The van der Waals surface area contributed by atoms with Crippen LogP contribution in [0.5, 0.6) is 5.75 Å². The van der Waals surface area contributed by atoms with Crippen molar-refractivity contribution in [3.8, 4) is 5.75 Å². The first-order valence-corrected chi connectivity index (χ1v) is 17.2. The Labute approximate surface area is 311 Å². The molecule has 0 saturated heterocycles. The van der Waals surface area contributed by atoms with Crippen LogP contribution in [-0.2, 0) is 51.8 Å². The number of rotatable bonds is 17. The largest absolute Gasteiger partial charge is 0.519 e. The summed E-state index contributed by atoms with van der Waals surface area (Å²) in [5.74, 6) is 0.223. The summed E-state index contributed by atoms with van der Waals surface area (Å²) < 4.78 is 39.0. The van der Waals surface area contributed by atoms with Crippen molar-refractivity contribution in [2.75, 3.05) is 44.3 Å². The molecule has 4 rings (SSSR count). The molecule has 0 saturated carbocycles. The van der Waals surface area contributed by atoms with Crippen molar-refractivity contribution >= 4 is 41.5 Å². The van der Waals surface area contributed by atoms with Crippen molar-refractivity contribution in [1.29, 1.82) is 0 Å². The van der Waals surface area contributed by atoms with E-state index in [9.17, 15) is 19.2 Å². The number of hydrogen-bond donors (Lipinski definition) is 1. The number of fused-ring (bicyclic) bond motifs is 1. The quantitative estimate of drug-likeness (QED) is 0.0662. The van der Waals surface area contributed by atoms with Gasteiger partial charge >= 0.3 is 17.8 Å². The monoisotopic (exact) mass is 759 g/mol. The molecule has 17 heteroatoms. The third-order valence-corrected chi connectivity index (χ3v) is 9.00.